The number of fused-ring (bicyclic) bond motifs is 1. The molecular weight excluding hydrogens is 216 g/mol. The van der Waals surface area contributed by atoms with Gasteiger partial charge in [0.25, 0.3) is 0 Å². The van der Waals surface area contributed by atoms with E-state index >= 15 is 0 Å². The predicted octanol–water partition coefficient (Wildman–Crippen LogP) is 3.86. The Hall–Kier alpha value is -1.10. The third kappa shape index (κ3) is 1.48. The van der Waals surface area contributed by atoms with Gasteiger partial charge in [0.2, 0.25) is 0 Å². The summed E-state index contributed by atoms with van der Waals surface area (Å²) in [6, 6.07) is 1.41. The van der Waals surface area contributed by atoms with Crippen LogP contribution >= 0.6 is 11.3 Å². The van der Waals surface area contributed by atoms with Crippen molar-refractivity contribution in [3.8, 4) is 0 Å². The molecule has 5 heteroatoms. The molecule has 0 aliphatic carbocycles. The first-order valence-electron chi connectivity index (χ1n) is 3.64. The Balaban J connectivity index is 2.70. The van der Waals surface area contributed by atoms with Gasteiger partial charge in [-0.05, 0) is 22.9 Å². The standard InChI is InChI=1S/C9H3F4S/c10-8-2-6(9(11,12)13)1-5-3-14-4-7(5)8/h1-3H. The predicted molar refractivity (Wildman–Crippen MR) is 45.6 cm³/mol. The van der Waals surface area contributed by atoms with Crippen molar-refractivity contribution in [3.05, 3.63) is 34.3 Å². The minimum atomic E-state index is -4.50. The van der Waals surface area contributed by atoms with Crippen LogP contribution in [0.25, 0.3) is 10.8 Å². The largest absolute Gasteiger partial charge is 0.416 e. The molecule has 0 atom stereocenters. The second kappa shape index (κ2) is 2.95. The Labute approximate surface area is 80.8 Å². The van der Waals surface area contributed by atoms with E-state index in [1.807, 2.05) is 0 Å². The van der Waals surface area contributed by atoms with Gasteiger partial charge < -0.3 is 0 Å². The van der Waals surface area contributed by atoms with E-state index in [2.05, 4.69) is 5.38 Å². The van der Waals surface area contributed by atoms with E-state index in [0.29, 0.717) is 6.07 Å². The summed E-state index contributed by atoms with van der Waals surface area (Å²) in [7, 11) is 0. The molecule has 0 bridgehead atoms. The van der Waals surface area contributed by atoms with Crippen LogP contribution in [0.15, 0.2) is 17.5 Å². The average Bonchev–Trinajstić information content (AvgIpc) is 2.50. The van der Waals surface area contributed by atoms with Gasteiger partial charge in [-0.2, -0.15) is 13.2 Å². The lowest BCUT2D eigenvalue weighted by molar-refractivity contribution is -0.137. The molecule has 1 aromatic heterocycles. The molecule has 0 N–H and O–H groups in total. The normalized spacial score (nSPS) is 12.3. The molecule has 1 heterocycles. The monoisotopic (exact) mass is 219 g/mol. The van der Waals surface area contributed by atoms with Gasteiger partial charge in [0, 0.05) is 5.39 Å². The molecule has 0 spiro atoms. The van der Waals surface area contributed by atoms with Crippen LogP contribution in [0.2, 0.25) is 0 Å². The third-order valence-electron chi connectivity index (χ3n) is 1.79. The van der Waals surface area contributed by atoms with Crippen molar-refractivity contribution in [1.82, 2.24) is 0 Å². The molecule has 1 radical (unpaired) electrons. The Kier molecular flexibility index (Phi) is 1.99. The zero-order chi connectivity index (χ0) is 10.3. The van der Waals surface area contributed by atoms with Crippen LogP contribution in [0.3, 0.4) is 0 Å². The third-order valence-corrected chi connectivity index (χ3v) is 2.49. The van der Waals surface area contributed by atoms with Gasteiger partial charge in [-0.1, -0.05) is 0 Å². The molecule has 0 nitrogen and oxygen atoms in total. The van der Waals surface area contributed by atoms with Gasteiger partial charge in [-0.25, -0.2) is 4.39 Å². The maximum atomic E-state index is 13.1. The van der Waals surface area contributed by atoms with Crippen molar-refractivity contribution >= 4 is 22.1 Å². The molecule has 0 saturated heterocycles. The minimum Gasteiger partial charge on any atom is -0.206 e. The van der Waals surface area contributed by atoms with Crippen LogP contribution in [-0.4, -0.2) is 0 Å². The fourth-order valence-electron chi connectivity index (χ4n) is 1.14. The quantitative estimate of drug-likeness (QED) is 0.590. The highest BCUT2D eigenvalue weighted by Crippen LogP contribution is 2.33. The van der Waals surface area contributed by atoms with Crippen molar-refractivity contribution in [2.24, 2.45) is 0 Å². The van der Waals surface area contributed by atoms with Crippen LogP contribution in [0.5, 0.6) is 0 Å². The number of benzene rings is 1. The zero-order valence-electron chi connectivity index (χ0n) is 6.65. The lowest BCUT2D eigenvalue weighted by atomic mass is 10.1. The first-order valence-corrected chi connectivity index (χ1v) is 4.52. The fourth-order valence-corrected chi connectivity index (χ4v) is 1.85. The SMILES string of the molecule is Fc1cc(C(F)(F)F)cc2cs[c]c12. The van der Waals surface area contributed by atoms with E-state index in [9.17, 15) is 17.6 Å². The number of alkyl halides is 3. The van der Waals surface area contributed by atoms with Crippen molar-refractivity contribution in [1.29, 1.82) is 0 Å². The average molecular weight is 219 g/mol. The summed E-state index contributed by atoms with van der Waals surface area (Å²) >= 11 is 1.05. The molecule has 0 fully saturated rings. The van der Waals surface area contributed by atoms with Crippen molar-refractivity contribution in [3.63, 3.8) is 0 Å². The van der Waals surface area contributed by atoms with Crippen LogP contribution in [0.1, 0.15) is 5.56 Å². The first kappa shape index (κ1) is 9.45. The van der Waals surface area contributed by atoms with E-state index in [0.717, 1.165) is 17.4 Å². The van der Waals surface area contributed by atoms with E-state index in [-0.39, 0.29) is 10.8 Å². The topological polar surface area (TPSA) is 0 Å². The second-order valence-corrected chi connectivity index (χ2v) is 3.43. The molecular formula is C9H3F4S. The number of rotatable bonds is 0. The molecule has 0 saturated carbocycles. The second-order valence-electron chi connectivity index (χ2n) is 2.76. The molecule has 0 unspecified atom stereocenters. The molecule has 0 aliphatic rings. The van der Waals surface area contributed by atoms with E-state index in [1.165, 1.54) is 5.38 Å². The van der Waals surface area contributed by atoms with Crippen LogP contribution < -0.4 is 0 Å². The Bertz CT molecular complexity index is 469. The molecule has 73 valence electrons. The van der Waals surface area contributed by atoms with Gasteiger partial charge in [0.1, 0.15) is 5.82 Å². The smallest absolute Gasteiger partial charge is 0.206 e. The van der Waals surface area contributed by atoms with Crippen molar-refractivity contribution < 1.29 is 17.6 Å². The Morgan fingerprint density at radius 2 is 1.93 bits per heavy atom. The lowest BCUT2D eigenvalue weighted by Crippen LogP contribution is -2.05. The number of hydrogen-bond acceptors (Lipinski definition) is 1. The van der Waals surface area contributed by atoms with Gasteiger partial charge in [0.15, 0.2) is 0 Å². The molecule has 0 aliphatic heterocycles. The molecule has 1 aromatic carbocycles. The molecule has 2 aromatic rings. The maximum Gasteiger partial charge on any atom is 0.416 e. The summed E-state index contributed by atoms with van der Waals surface area (Å²) in [6.07, 6.45) is -4.50. The maximum absolute atomic E-state index is 13.1. The van der Waals surface area contributed by atoms with E-state index in [1.54, 1.807) is 0 Å². The summed E-state index contributed by atoms with van der Waals surface area (Å²) in [5.41, 5.74) is -0.964. The van der Waals surface area contributed by atoms with Crippen LogP contribution in [-0.2, 0) is 6.18 Å². The lowest BCUT2D eigenvalue weighted by Gasteiger charge is -2.06. The summed E-state index contributed by atoms with van der Waals surface area (Å²) in [5, 5.41) is 4.36. The molecule has 2 rings (SSSR count). The van der Waals surface area contributed by atoms with Gasteiger partial charge in [-0.15, -0.1) is 11.3 Å². The molecule has 0 amide bonds. The van der Waals surface area contributed by atoms with Gasteiger partial charge in [0.05, 0.1) is 10.9 Å². The highest BCUT2D eigenvalue weighted by molar-refractivity contribution is 7.08. The van der Waals surface area contributed by atoms with E-state index < -0.39 is 17.6 Å². The highest BCUT2D eigenvalue weighted by atomic mass is 32.1. The fraction of sp³-hybridized carbons (Fsp3) is 0.111. The van der Waals surface area contributed by atoms with Crippen LogP contribution in [0, 0.1) is 11.2 Å². The number of hydrogen-bond donors (Lipinski definition) is 0. The van der Waals surface area contributed by atoms with Gasteiger partial charge in [-0.3, -0.25) is 0 Å². The summed E-state index contributed by atoms with van der Waals surface area (Å²) in [4.78, 5) is 0. The van der Waals surface area contributed by atoms with Crippen molar-refractivity contribution in [2.45, 2.75) is 6.18 Å². The van der Waals surface area contributed by atoms with Crippen LogP contribution in [0.4, 0.5) is 17.6 Å². The van der Waals surface area contributed by atoms with Gasteiger partial charge >= 0.3 is 6.18 Å². The molecule has 14 heavy (non-hydrogen) atoms. The Morgan fingerprint density at radius 3 is 2.57 bits per heavy atom. The number of halogens is 4. The summed E-state index contributed by atoms with van der Waals surface area (Å²) < 4.78 is 49.8. The minimum absolute atomic E-state index is 0.114. The zero-order valence-corrected chi connectivity index (χ0v) is 7.47. The first-order chi connectivity index (χ1) is 6.48. The Morgan fingerprint density at radius 1 is 1.21 bits per heavy atom. The highest BCUT2D eigenvalue weighted by Gasteiger charge is 2.31. The number of thiophene rings is 1. The van der Waals surface area contributed by atoms with Crippen molar-refractivity contribution in [2.75, 3.05) is 0 Å². The summed E-state index contributed by atoms with van der Waals surface area (Å²) in [5.74, 6) is -0.879. The summed E-state index contributed by atoms with van der Waals surface area (Å²) in [6.45, 7) is 0. The van der Waals surface area contributed by atoms with E-state index in [4.69, 9.17) is 0 Å².